The van der Waals surface area contributed by atoms with Crippen molar-refractivity contribution in [2.75, 3.05) is 46.9 Å². The average molecular weight is 390 g/mol. The second kappa shape index (κ2) is 12.4. The quantitative estimate of drug-likeness (QED) is 0.352. The zero-order chi connectivity index (χ0) is 19.3. The molecule has 0 atom stereocenters. The summed E-state index contributed by atoms with van der Waals surface area (Å²) in [7, 11) is 3.87. The highest BCUT2D eigenvalue weighted by Crippen LogP contribution is 2.21. The van der Waals surface area contributed by atoms with Gasteiger partial charge in [-0.3, -0.25) is 0 Å². The highest BCUT2D eigenvalue weighted by Gasteiger charge is 2.05. The Hall–Kier alpha value is -1.96. The summed E-state index contributed by atoms with van der Waals surface area (Å²) >= 11 is 1.65. The van der Waals surface area contributed by atoms with E-state index in [0.717, 1.165) is 61.4 Å². The van der Waals surface area contributed by atoms with E-state index in [1.165, 1.54) is 0 Å². The molecule has 0 spiro atoms. The van der Waals surface area contributed by atoms with Crippen molar-refractivity contribution in [3.63, 3.8) is 0 Å². The van der Waals surface area contributed by atoms with Crippen LogP contribution < -0.4 is 10.6 Å². The Labute approximate surface area is 166 Å². The van der Waals surface area contributed by atoms with Gasteiger partial charge in [-0.1, -0.05) is 30.3 Å². The molecule has 0 amide bonds. The monoisotopic (exact) mass is 389 g/mol. The largest absolute Gasteiger partial charge is 0.385 e. The maximum Gasteiger partial charge on any atom is 0.191 e. The van der Waals surface area contributed by atoms with E-state index >= 15 is 0 Å². The van der Waals surface area contributed by atoms with Crippen molar-refractivity contribution in [2.24, 2.45) is 4.99 Å². The van der Waals surface area contributed by atoms with E-state index in [1.54, 1.807) is 18.4 Å². The number of benzene rings is 1. The molecule has 0 radical (unpaired) electrons. The summed E-state index contributed by atoms with van der Waals surface area (Å²) in [5.74, 6) is 0.833. The van der Waals surface area contributed by atoms with Gasteiger partial charge in [-0.15, -0.1) is 11.3 Å². The van der Waals surface area contributed by atoms with Gasteiger partial charge < -0.3 is 20.3 Å². The first-order chi connectivity index (χ1) is 13.2. The Morgan fingerprint density at radius 2 is 2.04 bits per heavy atom. The molecular weight excluding hydrogens is 358 g/mol. The van der Waals surface area contributed by atoms with Gasteiger partial charge >= 0.3 is 0 Å². The minimum Gasteiger partial charge on any atom is -0.385 e. The summed E-state index contributed by atoms with van der Waals surface area (Å²) < 4.78 is 5.09. The molecule has 7 heteroatoms. The van der Waals surface area contributed by atoms with Gasteiger partial charge in [0.15, 0.2) is 5.96 Å². The van der Waals surface area contributed by atoms with E-state index < -0.39 is 0 Å². The number of aliphatic imine (C=N–C) groups is 1. The van der Waals surface area contributed by atoms with Crippen LogP contribution in [0.25, 0.3) is 11.3 Å². The molecule has 6 nitrogen and oxygen atoms in total. The lowest BCUT2D eigenvalue weighted by atomic mass is 10.2. The van der Waals surface area contributed by atoms with Gasteiger partial charge in [0.05, 0.1) is 12.2 Å². The number of nitrogens with zero attached hydrogens (tertiary/aromatic N) is 3. The molecule has 0 aliphatic carbocycles. The molecule has 1 aromatic heterocycles. The summed E-state index contributed by atoms with van der Waals surface area (Å²) in [5.41, 5.74) is 2.16. The molecule has 148 valence electrons. The Morgan fingerprint density at radius 3 is 2.78 bits per heavy atom. The molecule has 0 fully saturated rings. The van der Waals surface area contributed by atoms with Gasteiger partial charge in [0.2, 0.25) is 0 Å². The fourth-order valence-electron chi connectivity index (χ4n) is 2.57. The van der Waals surface area contributed by atoms with Crippen LogP contribution in [0, 0.1) is 0 Å². The number of hydrogen-bond acceptors (Lipinski definition) is 5. The molecule has 0 saturated carbocycles. The number of aromatic nitrogens is 1. The lowest BCUT2D eigenvalue weighted by Gasteiger charge is -2.18. The van der Waals surface area contributed by atoms with Gasteiger partial charge in [-0.2, -0.15) is 0 Å². The highest BCUT2D eigenvalue weighted by molar-refractivity contribution is 7.09. The molecule has 0 saturated heterocycles. The first-order valence-electron chi connectivity index (χ1n) is 9.42. The van der Waals surface area contributed by atoms with Crippen LogP contribution in [-0.4, -0.2) is 62.8 Å². The number of hydrogen-bond donors (Lipinski definition) is 2. The zero-order valence-corrected chi connectivity index (χ0v) is 17.4. The Morgan fingerprint density at radius 1 is 1.22 bits per heavy atom. The van der Waals surface area contributed by atoms with Crippen LogP contribution >= 0.6 is 11.3 Å². The zero-order valence-electron chi connectivity index (χ0n) is 16.6. The molecule has 0 bridgehead atoms. The third kappa shape index (κ3) is 8.07. The van der Waals surface area contributed by atoms with E-state index in [0.29, 0.717) is 6.54 Å². The molecule has 2 rings (SSSR count). The molecule has 0 unspecified atom stereocenters. The van der Waals surface area contributed by atoms with E-state index in [1.807, 2.05) is 18.2 Å². The predicted molar refractivity (Wildman–Crippen MR) is 114 cm³/mol. The number of ether oxygens (including phenoxy) is 1. The number of nitrogens with one attached hydrogen (secondary N) is 2. The Balaban J connectivity index is 1.82. The van der Waals surface area contributed by atoms with Crippen molar-refractivity contribution in [3.05, 3.63) is 40.7 Å². The number of likely N-dealkylation sites (N-methyl/N-ethyl adjacent to an activating group) is 1. The second-order valence-electron chi connectivity index (χ2n) is 6.26. The summed E-state index contributed by atoms with van der Waals surface area (Å²) in [5, 5.41) is 9.80. The highest BCUT2D eigenvalue weighted by atomic mass is 32.1. The molecular formula is C20H31N5OS. The lowest BCUT2D eigenvalue weighted by Crippen LogP contribution is -2.41. The van der Waals surface area contributed by atoms with Crippen LogP contribution in [0.3, 0.4) is 0 Å². The first kappa shape index (κ1) is 21.3. The molecule has 0 aliphatic heterocycles. The van der Waals surface area contributed by atoms with E-state index in [4.69, 9.17) is 9.72 Å². The number of rotatable bonds is 11. The van der Waals surface area contributed by atoms with Crippen LogP contribution in [0.5, 0.6) is 0 Å². The smallest absolute Gasteiger partial charge is 0.191 e. The predicted octanol–water partition coefficient (Wildman–Crippen LogP) is 2.83. The van der Waals surface area contributed by atoms with Gasteiger partial charge in [-0.25, -0.2) is 9.98 Å². The summed E-state index contributed by atoms with van der Waals surface area (Å²) in [6.07, 6.45) is 1.05. The molecule has 2 aromatic rings. The van der Waals surface area contributed by atoms with Crippen molar-refractivity contribution >= 4 is 17.3 Å². The third-order valence-corrected chi connectivity index (χ3v) is 4.85. The van der Waals surface area contributed by atoms with Crippen molar-refractivity contribution in [3.8, 4) is 11.3 Å². The van der Waals surface area contributed by atoms with Crippen LogP contribution in [0.15, 0.2) is 40.7 Å². The van der Waals surface area contributed by atoms with E-state index in [9.17, 15) is 0 Å². The number of thiazole rings is 1. The van der Waals surface area contributed by atoms with Gasteiger partial charge in [-0.05, 0) is 20.4 Å². The SMILES string of the molecule is CCNC(=NCc1nc(-c2ccccc2)cs1)NCCN(C)CCCOC. The number of methoxy groups -OCH3 is 1. The maximum absolute atomic E-state index is 5.09. The van der Waals surface area contributed by atoms with Crippen LogP contribution in [0.4, 0.5) is 0 Å². The second-order valence-corrected chi connectivity index (χ2v) is 7.21. The molecule has 27 heavy (non-hydrogen) atoms. The summed E-state index contributed by atoms with van der Waals surface area (Å²) in [4.78, 5) is 11.7. The molecule has 0 aliphatic rings. The number of guanidine groups is 1. The Bertz CT molecular complexity index is 674. The summed E-state index contributed by atoms with van der Waals surface area (Å²) in [6, 6.07) is 10.2. The minimum atomic E-state index is 0.580. The fraction of sp³-hybridized carbons (Fsp3) is 0.500. The maximum atomic E-state index is 5.09. The van der Waals surface area contributed by atoms with E-state index in [2.05, 4.69) is 52.0 Å². The normalized spacial score (nSPS) is 11.8. The van der Waals surface area contributed by atoms with E-state index in [-0.39, 0.29) is 0 Å². The van der Waals surface area contributed by atoms with Crippen molar-refractivity contribution in [1.29, 1.82) is 0 Å². The average Bonchev–Trinajstić information content (AvgIpc) is 3.16. The standard InChI is InChI=1S/C20H31N5OS/c1-4-21-20(22-11-13-25(2)12-8-14-26-3)23-15-19-24-18(16-27-19)17-9-6-5-7-10-17/h5-7,9-10,16H,4,8,11-15H2,1-3H3,(H2,21,22,23). The first-order valence-corrected chi connectivity index (χ1v) is 10.3. The molecule has 1 heterocycles. The van der Waals surface area contributed by atoms with Gasteiger partial charge in [0.25, 0.3) is 0 Å². The van der Waals surface area contributed by atoms with Crippen LogP contribution in [0.2, 0.25) is 0 Å². The third-order valence-electron chi connectivity index (χ3n) is 4.01. The van der Waals surface area contributed by atoms with Crippen LogP contribution in [0.1, 0.15) is 18.4 Å². The lowest BCUT2D eigenvalue weighted by molar-refractivity contribution is 0.180. The van der Waals surface area contributed by atoms with Crippen LogP contribution in [-0.2, 0) is 11.3 Å². The topological polar surface area (TPSA) is 61.8 Å². The van der Waals surface area contributed by atoms with Gasteiger partial charge in [0.1, 0.15) is 5.01 Å². The van der Waals surface area contributed by atoms with Crippen molar-refractivity contribution in [1.82, 2.24) is 20.5 Å². The molecule has 1 aromatic carbocycles. The molecule has 2 N–H and O–H groups in total. The van der Waals surface area contributed by atoms with Crippen molar-refractivity contribution < 1.29 is 4.74 Å². The van der Waals surface area contributed by atoms with Crippen molar-refractivity contribution in [2.45, 2.75) is 19.9 Å². The Kier molecular flexibility index (Phi) is 9.83. The summed E-state index contributed by atoms with van der Waals surface area (Å²) in [6.45, 7) is 7.14. The minimum absolute atomic E-state index is 0.580. The fourth-order valence-corrected chi connectivity index (χ4v) is 3.30. The van der Waals surface area contributed by atoms with Gasteiger partial charge in [0, 0.05) is 50.8 Å².